The van der Waals surface area contributed by atoms with Crippen LogP contribution in [0.1, 0.15) is 13.3 Å². The van der Waals surface area contributed by atoms with Crippen molar-refractivity contribution >= 4 is 21.6 Å². The van der Waals surface area contributed by atoms with E-state index >= 15 is 0 Å². The molecule has 0 spiro atoms. The molecule has 0 aliphatic heterocycles. The summed E-state index contributed by atoms with van der Waals surface area (Å²) in [7, 11) is -2.97. The number of anilines is 1. The fourth-order valence-electron chi connectivity index (χ4n) is 1.59. The largest absolute Gasteiger partial charge is 0.495 e. The monoisotopic (exact) mass is 356 g/mol. The van der Waals surface area contributed by atoms with Crippen LogP contribution in [-0.2, 0) is 14.8 Å². The zero-order chi connectivity index (χ0) is 18.1. The molecule has 1 aromatic rings. The Balaban J connectivity index is 3.01. The van der Waals surface area contributed by atoms with E-state index in [0.717, 1.165) is 6.07 Å². The van der Waals surface area contributed by atoms with Crippen molar-refractivity contribution < 1.29 is 36.2 Å². The minimum atomic E-state index is -4.99. The van der Waals surface area contributed by atoms with Gasteiger partial charge in [-0.3, -0.25) is 4.79 Å². The number of hydrogen-bond acceptors (Lipinski definition) is 5. The summed E-state index contributed by atoms with van der Waals surface area (Å²) >= 11 is 0. The number of sulfonamides is 1. The minimum absolute atomic E-state index is 0.0900. The highest BCUT2D eigenvalue weighted by atomic mass is 32.2. The van der Waals surface area contributed by atoms with Crippen molar-refractivity contribution in [3.8, 4) is 5.75 Å². The molecule has 1 rings (SSSR count). The van der Waals surface area contributed by atoms with Crippen molar-refractivity contribution in [1.29, 1.82) is 0 Å². The molecule has 1 atom stereocenters. The number of primary sulfonamides is 1. The van der Waals surface area contributed by atoms with E-state index in [-0.39, 0.29) is 11.4 Å². The molecule has 130 valence electrons. The number of alkyl halides is 3. The number of nitrogens with one attached hydrogen (secondary N) is 1. The number of methoxy groups -OCH3 is 1. The highest BCUT2D eigenvalue weighted by molar-refractivity contribution is 7.89. The van der Waals surface area contributed by atoms with E-state index < -0.39 is 39.0 Å². The van der Waals surface area contributed by atoms with Crippen molar-refractivity contribution in [1.82, 2.24) is 0 Å². The number of ether oxygens (including phenoxy) is 1. The summed E-state index contributed by atoms with van der Waals surface area (Å²) in [6.07, 6.45) is -6.25. The Bertz CT molecular complexity index is 701. The molecule has 0 radical (unpaired) electrons. The van der Waals surface area contributed by atoms with Gasteiger partial charge >= 0.3 is 6.18 Å². The second-order valence-electron chi connectivity index (χ2n) is 4.91. The fourth-order valence-corrected chi connectivity index (χ4v) is 2.32. The van der Waals surface area contributed by atoms with Gasteiger partial charge in [-0.25, -0.2) is 13.6 Å². The smallest absolute Gasteiger partial charge is 0.417 e. The van der Waals surface area contributed by atoms with Crippen LogP contribution >= 0.6 is 0 Å². The lowest BCUT2D eigenvalue weighted by Crippen LogP contribution is -2.44. The first kappa shape index (κ1) is 19.2. The van der Waals surface area contributed by atoms with Gasteiger partial charge < -0.3 is 15.2 Å². The van der Waals surface area contributed by atoms with Crippen LogP contribution in [0.3, 0.4) is 0 Å². The molecule has 11 heteroatoms. The second-order valence-corrected chi connectivity index (χ2v) is 6.44. The zero-order valence-electron chi connectivity index (χ0n) is 12.1. The van der Waals surface area contributed by atoms with Gasteiger partial charge in [-0.2, -0.15) is 13.2 Å². The Morgan fingerprint density at radius 1 is 1.39 bits per heavy atom. The average Bonchev–Trinajstić information content (AvgIpc) is 2.35. The van der Waals surface area contributed by atoms with Gasteiger partial charge in [-0.15, -0.1) is 0 Å². The Hall–Kier alpha value is -1.85. The maximum atomic E-state index is 12.5. The topological polar surface area (TPSA) is 119 Å². The van der Waals surface area contributed by atoms with E-state index in [0.29, 0.717) is 6.92 Å². The third kappa shape index (κ3) is 4.81. The Morgan fingerprint density at radius 2 is 1.96 bits per heavy atom. The number of nitrogens with two attached hydrogens (primary N) is 1. The van der Waals surface area contributed by atoms with Crippen molar-refractivity contribution in [2.24, 2.45) is 5.14 Å². The van der Waals surface area contributed by atoms with E-state index in [2.05, 4.69) is 5.32 Å². The summed E-state index contributed by atoms with van der Waals surface area (Å²) in [5.74, 6) is -1.24. The molecule has 4 N–H and O–H groups in total. The summed E-state index contributed by atoms with van der Waals surface area (Å²) in [4.78, 5) is 11.2. The summed E-state index contributed by atoms with van der Waals surface area (Å²) < 4.78 is 65.1. The summed E-state index contributed by atoms with van der Waals surface area (Å²) in [5.41, 5.74) is -3.33. The van der Waals surface area contributed by atoms with Crippen LogP contribution in [0.15, 0.2) is 23.1 Å². The molecule has 0 aliphatic rings. The predicted molar refractivity (Wildman–Crippen MR) is 74.3 cm³/mol. The normalized spacial score (nSPS) is 14.9. The Kier molecular flexibility index (Phi) is 5.29. The number of aliphatic hydroxyl groups is 1. The molecular formula is C12H15F3N2O5S. The molecule has 0 aromatic heterocycles. The van der Waals surface area contributed by atoms with Crippen LogP contribution in [0.2, 0.25) is 0 Å². The third-order valence-corrected chi connectivity index (χ3v) is 3.80. The number of amides is 1. The Labute approximate surface area is 130 Å². The van der Waals surface area contributed by atoms with E-state index in [4.69, 9.17) is 9.88 Å². The molecule has 23 heavy (non-hydrogen) atoms. The predicted octanol–water partition coefficient (Wildman–Crippen LogP) is 0.984. The molecule has 0 bridgehead atoms. The van der Waals surface area contributed by atoms with Gasteiger partial charge in [0.2, 0.25) is 15.9 Å². The maximum absolute atomic E-state index is 12.5. The number of carbonyl (C=O) groups excluding carboxylic acids is 1. The minimum Gasteiger partial charge on any atom is -0.495 e. The van der Waals surface area contributed by atoms with Crippen LogP contribution in [0.5, 0.6) is 5.75 Å². The molecule has 1 amide bonds. The first-order valence-corrected chi connectivity index (χ1v) is 7.62. The van der Waals surface area contributed by atoms with Crippen LogP contribution in [0.25, 0.3) is 0 Å². The maximum Gasteiger partial charge on any atom is 0.417 e. The first-order valence-electron chi connectivity index (χ1n) is 6.08. The quantitative estimate of drug-likeness (QED) is 0.727. The lowest BCUT2D eigenvalue weighted by molar-refractivity contribution is -0.252. The lowest BCUT2D eigenvalue weighted by Gasteiger charge is -2.25. The summed E-state index contributed by atoms with van der Waals surface area (Å²) in [5, 5.41) is 16.3. The number of carbonyl (C=O) groups is 1. The second kappa shape index (κ2) is 6.34. The standard InChI is InChI=1S/C12H15F3N2O5S/c1-11(19,12(13,14)15)6-10(18)17-7-3-4-8(22-2)9(5-7)23(16,20)21/h3-5,19H,6H2,1-2H3,(H,17,18)(H2,16,20,21)/t11-/m0/s1. The van der Waals surface area contributed by atoms with Crippen LogP contribution < -0.4 is 15.2 Å². The molecule has 0 fully saturated rings. The van der Waals surface area contributed by atoms with Gasteiger partial charge in [-0.1, -0.05) is 0 Å². The summed E-state index contributed by atoms with van der Waals surface area (Å²) in [6, 6.07) is 3.33. The van der Waals surface area contributed by atoms with E-state index in [1.54, 1.807) is 0 Å². The number of halogens is 3. The van der Waals surface area contributed by atoms with Crippen molar-refractivity contribution in [3.05, 3.63) is 18.2 Å². The molecule has 0 saturated carbocycles. The van der Waals surface area contributed by atoms with Gasteiger partial charge in [0.1, 0.15) is 10.6 Å². The molecule has 0 saturated heterocycles. The molecule has 0 aliphatic carbocycles. The zero-order valence-corrected chi connectivity index (χ0v) is 13.0. The van der Waals surface area contributed by atoms with Crippen molar-refractivity contribution in [2.45, 2.75) is 30.0 Å². The highest BCUT2D eigenvalue weighted by Gasteiger charge is 2.50. The lowest BCUT2D eigenvalue weighted by atomic mass is 10.0. The Morgan fingerprint density at radius 3 is 2.39 bits per heavy atom. The van der Waals surface area contributed by atoms with Crippen LogP contribution in [0.4, 0.5) is 18.9 Å². The molecule has 1 aromatic carbocycles. The molecular weight excluding hydrogens is 341 g/mol. The van der Waals surface area contributed by atoms with Gasteiger partial charge in [0, 0.05) is 5.69 Å². The third-order valence-electron chi connectivity index (χ3n) is 2.87. The van der Waals surface area contributed by atoms with Gasteiger partial charge in [0.25, 0.3) is 0 Å². The molecule has 7 nitrogen and oxygen atoms in total. The number of rotatable bonds is 5. The molecule has 0 heterocycles. The SMILES string of the molecule is COc1ccc(NC(=O)C[C@](C)(O)C(F)(F)F)cc1S(N)(=O)=O. The van der Waals surface area contributed by atoms with E-state index in [1.165, 1.54) is 19.2 Å². The highest BCUT2D eigenvalue weighted by Crippen LogP contribution is 2.33. The van der Waals surface area contributed by atoms with Crippen LogP contribution in [0, 0.1) is 0 Å². The first-order chi connectivity index (χ1) is 10.3. The van der Waals surface area contributed by atoms with Gasteiger partial charge in [0.05, 0.1) is 13.5 Å². The van der Waals surface area contributed by atoms with E-state index in [9.17, 15) is 31.5 Å². The summed E-state index contributed by atoms with van der Waals surface area (Å²) in [6.45, 7) is 0.455. The average molecular weight is 356 g/mol. The van der Waals surface area contributed by atoms with Gasteiger partial charge in [0.15, 0.2) is 5.60 Å². The van der Waals surface area contributed by atoms with Crippen LogP contribution in [-0.4, -0.2) is 38.3 Å². The number of hydrogen-bond donors (Lipinski definition) is 3. The molecule has 0 unspecified atom stereocenters. The van der Waals surface area contributed by atoms with Crippen molar-refractivity contribution in [3.63, 3.8) is 0 Å². The van der Waals surface area contributed by atoms with Crippen molar-refractivity contribution in [2.75, 3.05) is 12.4 Å². The number of benzene rings is 1. The fraction of sp³-hybridized carbons (Fsp3) is 0.417. The van der Waals surface area contributed by atoms with Gasteiger partial charge in [-0.05, 0) is 25.1 Å². The van der Waals surface area contributed by atoms with E-state index in [1.807, 2.05) is 0 Å².